The van der Waals surface area contributed by atoms with E-state index in [0.717, 1.165) is 83.2 Å². The van der Waals surface area contributed by atoms with Gasteiger partial charge < -0.3 is 8.98 Å². The Morgan fingerprint density at radius 1 is 0.500 bits per heavy atom. The lowest BCUT2D eigenvalue weighted by Gasteiger charge is -2.12. The fourth-order valence-corrected chi connectivity index (χ4v) is 5.94. The van der Waals surface area contributed by atoms with Crippen molar-refractivity contribution in [3.63, 3.8) is 0 Å². The summed E-state index contributed by atoms with van der Waals surface area (Å²) in [5, 5.41) is 4.28. The molecule has 0 N–H and O–H groups in total. The molecule has 7 heteroatoms. The number of nitrogens with zero attached hydrogens (tertiary/aromatic N) is 6. The SMILES string of the molecule is c1ccc(-c2cc(-n3c4ccccc4c4ccc5c6cc7nccnc7cc6oc5c43)cc(-c3ccccn3)n2)nc1. The fraction of sp³-hybridized carbons (Fsp3) is 0. The molecule has 0 aliphatic heterocycles. The van der Waals surface area contributed by atoms with Crippen LogP contribution in [0.4, 0.5) is 0 Å². The molecule has 0 unspecified atom stereocenters. The minimum Gasteiger partial charge on any atom is -0.454 e. The zero-order valence-corrected chi connectivity index (χ0v) is 22.1. The molecule has 6 aromatic heterocycles. The van der Waals surface area contributed by atoms with Crippen LogP contribution in [0, 0.1) is 0 Å². The molecule has 0 amide bonds. The first-order valence-corrected chi connectivity index (χ1v) is 13.7. The molecule has 0 bridgehead atoms. The van der Waals surface area contributed by atoms with Crippen molar-refractivity contribution in [2.45, 2.75) is 0 Å². The second-order valence-electron chi connectivity index (χ2n) is 10.2. The molecule has 6 heterocycles. The molecule has 0 saturated carbocycles. The first-order chi connectivity index (χ1) is 20.8. The van der Waals surface area contributed by atoms with Crippen LogP contribution in [0.5, 0.6) is 0 Å². The summed E-state index contributed by atoms with van der Waals surface area (Å²) in [5.41, 5.74) is 9.33. The Balaban J connectivity index is 1.42. The Morgan fingerprint density at radius 2 is 1.17 bits per heavy atom. The third kappa shape index (κ3) is 3.37. The smallest absolute Gasteiger partial charge is 0.160 e. The summed E-state index contributed by atoms with van der Waals surface area (Å²) in [5.74, 6) is 0. The molecule has 9 aromatic rings. The number of aromatic nitrogens is 6. The molecule has 0 spiro atoms. The first kappa shape index (κ1) is 22.8. The van der Waals surface area contributed by atoms with Crippen molar-refractivity contribution in [1.29, 1.82) is 0 Å². The Hall–Kier alpha value is -5.95. The summed E-state index contributed by atoms with van der Waals surface area (Å²) in [6, 6.07) is 32.7. The van der Waals surface area contributed by atoms with Crippen molar-refractivity contribution in [2.75, 3.05) is 0 Å². The summed E-state index contributed by atoms with van der Waals surface area (Å²) in [7, 11) is 0. The van der Waals surface area contributed by atoms with E-state index in [0.29, 0.717) is 0 Å². The molecule has 9 rings (SSSR count). The number of pyridine rings is 3. The van der Waals surface area contributed by atoms with E-state index >= 15 is 0 Å². The van der Waals surface area contributed by atoms with Gasteiger partial charge in [0.2, 0.25) is 0 Å². The van der Waals surface area contributed by atoms with Gasteiger partial charge in [0.1, 0.15) is 5.58 Å². The van der Waals surface area contributed by atoms with Crippen molar-refractivity contribution >= 4 is 54.8 Å². The molecule has 0 aliphatic rings. The van der Waals surface area contributed by atoms with Gasteiger partial charge in [0.15, 0.2) is 5.58 Å². The van der Waals surface area contributed by atoms with Crippen molar-refractivity contribution in [3.8, 4) is 28.5 Å². The van der Waals surface area contributed by atoms with Gasteiger partial charge in [-0.05, 0) is 54.6 Å². The van der Waals surface area contributed by atoms with Crippen LogP contribution in [0.3, 0.4) is 0 Å². The molecule has 42 heavy (non-hydrogen) atoms. The summed E-state index contributed by atoms with van der Waals surface area (Å²) in [6.45, 7) is 0. The molecule has 0 aliphatic carbocycles. The molecule has 0 atom stereocenters. The van der Waals surface area contributed by atoms with E-state index in [-0.39, 0.29) is 0 Å². The van der Waals surface area contributed by atoms with Gasteiger partial charge in [-0.1, -0.05) is 36.4 Å². The van der Waals surface area contributed by atoms with Gasteiger partial charge in [-0.2, -0.15) is 0 Å². The first-order valence-electron chi connectivity index (χ1n) is 13.7. The standard InChI is InChI=1S/C35H20N6O/c1-2-10-32-22(7-1)23-11-12-24-25-19-28-29(39-16-15-38-28)20-33(25)42-35(24)34(23)41(32)21-17-30(26-8-3-5-13-36-26)40-31(18-21)27-9-4-6-14-37-27/h1-20H. The lowest BCUT2D eigenvalue weighted by Crippen LogP contribution is -1.99. The Morgan fingerprint density at radius 3 is 1.88 bits per heavy atom. The topological polar surface area (TPSA) is 82.5 Å². The quantitative estimate of drug-likeness (QED) is 0.225. The van der Waals surface area contributed by atoms with E-state index in [1.807, 2.05) is 42.5 Å². The van der Waals surface area contributed by atoms with Crippen molar-refractivity contribution in [2.24, 2.45) is 0 Å². The number of benzene rings is 3. The van der Waals surface area contributed by atoms with Crippen LogP contribution in [0.15, 0.2) is 126 Å². The molecule has 0 fully saturated rings. The summed E-state index contributed by atoms with van der Waals surface area (Å²) >= 11 is 0. The van der Waals surface area contributed by atoms with Gasteiger partial charge in [0.05, 0.1) is 50.5 Å². The van der Waals surface area contributed by atoms with Gasteiger partial charge in [-0.25, -0.2) is 4.98 Å². The lowest BCUT2D eigenvalue weighted by molar-refractivity contribution is 0.671. The Kier molecular flexibility index (Phi) is 4.77. The van der Waals surface area contributed by atoms with Gasteiger partial charge in [0.25, 0.3) is 0 Å². The van der Waals surface area contributed by atoms with E-state index in [2.05, 4.69) is 79.1 Å². The predicted octanol–water partition coefficient (Wildman–Crippen LogP) is 8.15. The summed E-state index contributed by atoms with van der Waals surface area (Å²) in [6.07, 6.45) is 7.00. The molecule has 7 nitrogen and oxygen atoms in total. The highest BCUT2D eigenvalue weighted by Gasteiger charge is 2.21. The third-order valence-corrected chi connectivity index (χ3v) is 7.79. The number of hydrogen-bond acceptors (Lipinski definition) is 6. The average molecular weight is 541 g/mol. The molecule has 196 valence electrons. The van der Waals surface area contributed by atoms with Gasteiger partial charge in [0, 0.05) is 52.4 Å². The van der Waals surface area contributed by atoms with Crippen LogP contribution >= 0.6 is 0 Å². The third-order valence-electron chi connectivity index (χ3n) is 7.79. The number of rotatable bonds is 3. The Bertz CT molecular complexity index is 2410. The Labute approximate surface area is 238 Å². The van der Waals surface area contributed by atoms with Gasteiger partial charge in [-0.15, -0.1) is 0 Å². The largest absolute Gasteiger partial charge is 0.454 e. The van der Waals surface area contributed by atoms with Crippen LogP contribution in [-0.2, 0) is 0 Å². The van der Waals surface area contributed by atoms with Crippen LogP contribution in [0.25, 0.3) is 83.2 Å². The second-order valence-corrected chi connectivity index (χ2v) is 10.2. The minimum absolute atomic E-state index is 0.764. The highest BCUT2D eigenvalue weighted by Crippen LogP contribution is 2.41. The van der Waals surface area contributed by atoms with Crippen LogP contribution in [-0.4, -0.2) is 29.5 Å². The van der Waals surface area contributed by atoms with Crippen LogP contribution in [0.1, 0.15) is 0 Å². The zero-order chi connectivity index (χ0) is 27.6. The normalized spacial score (nSPS) is 11.8. The maximum Gasteiger partial charge on any atom is 0.160 e. The summed E-state index contributed by atoms with van der Waals surface area (Å²) in [4.78, 5) is 23.2. The van der Waals surface area contributed by atoms with E-state index in [4.69, 9.17) is 9.40 Å². The van der Waals surface area contributed by atoms with Gasteiger partial charge in [-0.3, -0.25) is 19.9 Å². The number of furan rings is 1. The van der Waals surface area contributed by atoms with E-state index in [1.165, 1.54) is 0 Å². The molecule has 0 radical (unpaired) electrons. The maximum atomic E-state index is 6.67. The number of fused-ring (bicyclic) bond motifs is 8. The van der Waals surface area contributed by atoms with Crippen molar-refractivity contribution in [3.05, 3.63) is 122 Å². The fourth-order valence-electron chi connectivity index (χ4n) is 5.94. The highest BCUT2D eigenvalue weighted by molar-refractivity contribution is 6.22. The average Bonchev–Trinajstić information content (AvgIpc) is 3.59. The van der Waals surface area contributed by atoms with E-state index in [1.54, 1.807) is 24.8 Å². The monoisotopic (exact) mass is 540 g/mol. The van der Waals surface area contributed by atoms with Gasteiger partial charge >= 0.3 is 0 Å². The predicted molar refractivity (Wildman–Crippen MR) is 165 cm³/mol. The molecular formula is C35H20N6O. The molecular weight excluding hydrogens is 520 g/mol. The number of para-hydroxylation sites is 1. The lowest BCUT2D eigenvalue weighted by atomic mass is 10.1. The zero-order valence-electron chi connectivity index (χ0n) is 22.1. The van der Waals surface area contributed by atoms with Crippen molar-refractivity contribution < 1.29 is 4.42 Å². The molecule has 3 aromatic carbocycles. The van der Waals surface area contributed by atoms with Crippen LogP contribution < -0.4 is 0 Å². The van der Waals surface area contributed by atoms with E-state index < -0.39 is 0 Å². The maximum absolute atomic E-state index is 6.67. The minimum atomic E-state index is 0.764. The summed E-state index contributed by atoms with van der Waals surface area (Å²) < 4.78 is 8.94. The van der Waals surface area contributed by atoms with E-state index in [9.17, 15) is 0 Å². The van der Waals surface area contributed by atoms with Crippen molar-refractivity contribution in [1.82, 2.24) is 29.5 Å². The van der Waals surface area contributed by atoms with Crippen LogP contribution in [0.2, 0.25) is 0 Å². The molecule has 0 saturated heterocycles. The second kappa shape index (κ2) is 8.78. The number of hydrogen-bond donors (Lipinski definition) is 0. The highest BCUT2D eigenvalue weighted by atomic mass is 16.3.